The summed E-state index contributed by atoms with van der Waals surface area (Å²) in [6.45, 7) is -0.487. The van der Waals surface area contributed by atoms with Crippen LogP contribution in [0.25, 0.3) is 0 Å². The highest BCUT2D eigenvalue weighted by Gasteiger charge is 2.22. The van der Waals surface area contributed by atoms with Gasteiger partial charge in [-0.2, -0.15) is 0 Å². The first-order chi connectivity index (χ1) is 9.99. The second-order valence-electron chi connectivity index (χ2n) is 4.11. The van der Waals surface area contributed by atoms with Gasteiger partial charge in [-0.1, -0.05) is 41.4 Å². The van der Waals surface area contributed by atoms with E-state index in [0.717, 1.165) is 4.90 Å². The van der Waals surface area contributed by atoms with E-state index in [1.165, 1.54) is 12.3 Å². The van der Waals surface area contributed by atoms with Gasteiger partial charge in [0.2, 0.25) is 0 Å². The summed E-state index contributed by atoms with van der Waals surface area (Å²) in [7, 11) is 0. The van der Waals surface area contributed by atoms with Crippen molar-refractivity contribution in [2.75, 3.05) is 11.4 Å². The van der Waals surface area contributed by atoms with Crippen molar-refractivity contribution in [2.24, 2.45) is 0 Å². The molecule has 0 spiro atoms. The lowest BCUT2D eigenvalue weighted by Crippen LogP contribution is -2.35. The fraction of sp³-hybridized carbons (Fsp3) is 0.0714. The van der Waals surface area contributed by atoms with Gasteiger partial charge >= 0.3 is 5.97 Å². The second kappa shape index (κ2) is 6.56. The largest absolute Gasteiger partial charge is 0.480 e. The van der Waals surface area contributed by atoms with Crippen LogP contribution in [0.15, 0.2) is 42.6 Å². The van der Waals surface area contributed by atoms with E-state index in [1.54, 1.807) is 30.3 Å². The quantitative estimate of drug-likeness (QED) is 0.877. The van der Waals surface area contributed by atoms with Gasteiger partial charge in [0.1, 0.15) is 11.7 Å². The lowest BCUT2D eigenvalue weighted by molar-refractivity contribution is -0.135. The summed E-state index contributed by atoms with van der Waals surface area (Å²) in [6.07, 6.45) is 1.25. The highest BCUT2D eigenvalue weighted by molar-refractivity contribution is 6.35. The number of aliphatic carboxylic acids is 1. The highest BCUT2D eigenvalue weighted by atomic mass is 35.5. The molecule has 0 unspecified atom stereocenters. The molecule has 0 atom stereocenters. The van der Waals surface area contributed by atoms with Crippen LogP contribution in [0.2, 0.25) is 10.2 Å². The molecule has 2 aromatic rings. The Labute approximate surface area is 130 Å². The van der Waals surface area contributed by atoms with Crippen LogP contribution in [-0.4, -0.2) is 28.5 Å². The Morgan fingerprint density at radius 3 is 2.48 bits per heavy atom. The number of hydrogen-bond donors (Lipinski definition) is 1. The van der Waals surface area contributed by atoms with Crippen molar-refractivity contribution >= 4 is 40.8 Å². The normalized spacial score (nSPS) is 10.2. The fourth-order valence-corrected chi connectivity index (χ4v) is 2.09. The van der Waals surface area contributed by atoms with Gasteiger partial charge in [0.15, 0.2) is 0 Å². The van der Waals surface area contributed by atoms with Gasteiger partial charge in [0, 0.05) is 11.9 Å². The summed E-state index contributed by atoms with van der Waals surface area (Å²) in [5, 5.41) is 9.21. The molecule has 5 nitrogen and oxygen atoms in total. The predicted octanol–water partition coefficient (Wildman–Crippen LogP) is 3.12. The number of nitrogens with zero attached hydrogens (tertiary/aromatic N) is 2. The van der Waals surface area contributed by atoms with Crippen molar-refractivity contribution in [1.82, 2.24) is 4.98 Å². The van der Waals surface area contributed by atoms with E-state index in [4.69, 9.17) is 28.3 Å². The van der Waals surface area contributed by atoms with Gasteiger partial charge in [-0.05, 0) is 18.2 Å². The lowest BCUT2D eigenvalue weighted by Gasteiger charge is -2.21. The third-order valence-corrected chi connectivity index (χ3v) is 3.17. The molecule has 1 aromatic carbocycles. The molecule has 0 saturated heterocycles. The van der Waals surface area contributed by atoms with Crippen LogP contribution in [0.5, 0.6) is 0 Å². The number of aromatic nitrogens is 1. The molecule has 2 rings (SSSR count). The third kappa shape index (κ3) is 3.71. The number of carboxylic acid groups (broad SMARTS) is 1. The van der Waals surface area contributed by atoms with Gasteiger partial charge < -0.3 is 5.11 Å². The van der Waals surface area contributed by atoms with Crippen molar-refractivity contribution < 1.29 is 14.7 Å². The van der Waals surface area contributed by atoms with Gasteiger partial charge in [-0.3, -0.25) is 14.5 Å². The second-order valence-corrected chi connectivity index (χ2v) is 4.90. The standard InChI is InChI=1S/C14H10Cl2N2O3/c15-11-7-17-12(16)6-10(11)14(21)18(8-13(19)20)9-4-2-1-3-5-9/h1-7H,8H2,(H,19,20). The number of anilines is 1. The molecular formula is C14H10Cl2N2O3. The molecule has 0 bridgehead atoms. The van der Waals surface area contributed by atoms with Crippen LogP contribution >= 0.6 is 23.2 Å². The minimum absolute atomic E-state index is 0.0989. The molecule has 1 amide bonds. The molecule has 0 saturated carbocycles. The molecule has 0 fully saturated rings. The van der Waals surface area contributed by atoms with E-state index in [9.17, 15) is 9.59 Å². The van der Waals surface area contributed by atoms with E-state index in [-0.39, 0.29) is 15.7 Å². The molecule has 0 radical (unpaired) electrons. The summed E-state index contributed by atoms with van der Waals surface area (Å²) < 4.78 is 0. The number of rotatable bonds is 4. The van der Waals surface area contributed by atoms with Gasteiger partial charge in [0.05, 0.1) is 10.6 Å². The summed E-state index contributed by atoms with van der Waals surface area (Å²) >= 11 is 11.7. The number of para-hydroxylation sites is 1. The molecule has 1 aromatic heterocycles. The number of hydrogen-bond acceptors (Lipinski definition) is 3. The topological polar surface area (TPSA) is 70.5 Å². The number of carboxylic acids is 1. The van der Waals surface area contributed by atoms with E-state index in [2.05, 4.69) is 4.98 Å². The maximum atomic E-state index is 12.5. The van der Waals surface area contributed by atoms with Gasteiger partial charge in [-0.15, -0.1) is 0 Å². The summed E-state index contributed by atoms with van der Waals surface area (Å²) in [5.41, 5.74) is 0.552. The number of pyridine rings is 1. The van der Waals surface area contributed by atoms with Crippen LogP contribution in [0, 0.1) is 0 Å². The Morgan fingerprint density at radius 2 is 1.86 bits per heavy atom. The third-order valence-electron chi connectivity index (χ3n) is 2.66. The first kappa shape index (κ1) is 15.3. The Bertz CT molecular complexity index is 677. The number of carbonyl (C=O) groups excluding carboxylic acids is 1. The summed E-state index contributed by atoms with van der Waals surface area (Å²) in [6, 6.07) is 9.76. The summed E-state index contributed by atoms with van der Waals surface area (Å²) in [4.78, 5) is 28.4. The van der Waals surface area contributed by atoms with Crippen molar-refractivity contribution in [1.29, 1.82) is 0 Å². The molecule has 0 aliphatic rings. The van der Waals surface area contributed by atoms with Crippen molar-refractivity contribution in [3.05, 3.63) is 58.3 Å². The Hall–Kier alpha value is -2.11. The molecule has 0 aliphatic heterocycles. The Kier molecular flexibility index (Phi) is 4.77. The SMILES string of the molecule is O=C(O)CN(C(=O)c1cc(Cl)ncc1Cl)c1ccccc1. The minimum atomic E-state index is -1.14. The molecule has 1 N–H and O–H groups in total. The maximum Gasteiger partial charge on any atom is 0.323 e. The average Bonchev–Trinajstić information content (AvgIpc) is 2.47. The first-order valence-corrected chi connectivity index (χ1v) is 6.64. The van der Waals surface area contributed by atoms with Crippen LogP contribution in [0.1, 0.15) is 10.4 Å². The predicted molar refractivity (Wildman–Crippen MR) is 80.0 cm³/mol. The van der Waals surface area contributed by atoms with Gasteiger partial charge in [-0.25, -0.2) is 4.98 Å². The number of carbonyl (C=O) groups is 2. The number of amides is 1. The fourth-order valence-electron chi connectivity index (χ4n) is 1.75. The van der Waals surface area contributed by atoms with Crippen LogP contribution in [-0.2, 0) is 4.79 Å². The Morgan fingerprint density at radius 1 is 1.19 bits per heavy atom. The molecular weight excluding hydrogens is 315 g/mol. The number of halogens is 2. The Balaban J connectivity index is 2.43. The van der Waals surface area contributed by atoms with E-state index in [1.807, 2.05) is 0 Å². The monoisotopic (exact) mass is 324 g/mol. The zero-order chi connectivity index (χ0) is 15.4. The van der Waals surface area contributed by atoms with Crippen LogP contribution in [0.4, 0.5) is 5.69 Å². The zero-order valence-electron chi connectivity index (χ0n) is 10.7. The van der Waals surface area contributed by atoms with E-state index < -0.39 is 18.4 Å². The van der Waals surface area contributed by atoms with E-state index >= 15 is 0 Å². The lowest BCUT2D eigenvalue weighted by atomic mass is 10.2. The smallest absolute Gasteiger partial charge is 0.323 e. The van der Waals surface area contributed by atoms with Crippen LogP contribution in [0.3, 0.4) is 0 Å². The van der Waals surface area contributed by atoms with Crippen molar-refractivity contribution in [3.63, 3.8) is 0 Å². The molecule has 108 valence electrons. The average molecular weight is 325 g/mol. The number of benzene rings is 1. The van der Waals surface area contributed by atoms with Crippen LogP contribution < -0.4 is 4.90 Å². The van der Waals surface area contributed by atoms with Crippen molar-refractivity contribution in [2.45, 2.75) is 0 Å². The maximum absolute atomic E-state index is 12.5. The molecule has 21 heavy (non-hydrogen) atoms. The minimum Gasteiger partial charge on any atom is -0.480 e. The van der Waals surface area contributed by atoms with E-state index in [0.29, 0.717) is 5.69 Å². The molecule has 0 aliphatic carbocycles. The highest BCUT2D eigenvalue weighted by Crippen LogP contribution is 2.23. The summed E-state index contributed by atoms with van der Waals surface area (Å²) in [5.74, 6) is -1.69. The van der Waals surface area contributed by atoms with Gasteiger partial charge in [0.25, 0.3) is 5.91 Å². The van der Waals surface area contributed by atoms with Crippen molar-refractivity contribution in [3.8, 4) is 0 Å². The zero-order valence-corrected chi connectivity index (χ0v) is 12.2. The molecule has 7 heteroatoms. The molecule has 1 heterocycles. The first-order valence-electron chi connectivity index (χ1n) is 5.89.